The van der Waals surface area contributed by atoms with Crippen molar-refractivity contribution < 1.29 is 0 Å². The number of aromatic nitrogens is 1. The first-order chi connectivity index (χ1) is 8.20. The molecule has 2 nitrogen and oxygen atoms in total. The summed E-state index contributed by atoms with van der Waals surface area (Å²) < 4.78 is 2.34. The van der Waals surface area contributed by atoms with Crippen molar-refractivity contribution in [3.05, 3.63) is 47.7 Å². The fourth-order valence-corrected chi connectivity index (χ4v) is 2.66. The van der Waals surface area contributed by atoms with Gasteiger partial charge in [-0.15, -0.1) is 0 Å². The Kier molecular flexibility index (Phi) is 2.11. The van der Waals surface area contributed by atoms with Gasteiger partial charge < -0.3 is 10.3 Å². The molecule has 2 heteroatoms. The third kappa shape index (κ3) is 1.41. The second-order valence-electron chi connectivity index (χ2n) is 4.55. The summed E-state index contributed by atoms with van der Waals surface area (Å²) >= 11 is 0. The van der Waals surface area contributed by atoms with E-state index in [-0.39, 0.29) is 0 Å². The molecular weight excluding hydrogens is 208 g/mol. The van der Waals surface area contributed by atoms with Gasteiger partial charge in [0, 0.05) is 35.3 Å². The van der Waals surface area contributed by atoms with Gasteiger partial charge in [-0.2, -0.15) is 0 Å². The average Bonchev–Trinajstić information content (AvgIpc) is 2.60. The molecule has 0 unspecified atom stereocenters. The topological polar surface area (TPSA) is 30.9 Å². The van der Waals surface area contributed by atoms with E-state index in [0.717, 1.165) is 18.7 Å². The maximum absolute atomic E-state index is 5.88. The Balaban J connectivity index is 2.41. The predicted octanol–water partition coefficient (Wildman–Crippen LogP) is 3.37. The molecule has 0 radical (unpaired) electrons. The van der Waals surface area contributed by atoms with E-state index >= 15 is 0 Å². The standard InChI is InChI=1S/C15H16N2/c1-3-17-14-8-10(2)4-6-12(14)13-7-5-11(16)9-15(13)17/h4-7,9H,2-3,8,16H2,1H3. The van der Waals surface area contributed by atoms with Crippen molar-refractivity contribution in [2.45, 2.75) is 19.9 Å². The van der Waals surface area contributed by atoms with E-state index in [1.165, 1.54) is 27.7 Å². The Labute approximate surface area is 101 Å². The fourth-order valence-electron chi connectivity index (χ4n) is 2.66. The van der Waals surface area contributed by atoms with E-state index in [0.29, 0.717) is 0 Å². The highest BCUT2D eigenvalue weighted by atomic mass is 15.0. The van der Waals surface area contributed by atoms with Crippen molar-refractivity contribution in [3.8, 4) is 0 Å². The zero-order valence-electron chi connectivity index (χ0n) is 10.0. The Morgan fingerprint density at radius 1 is 1.35 bits per heavy atom. The van der Waals surface area contributed by atoms with Crippen molar-refractivity contribution in [3.63, 3.8) is 0 Å². The molecule has 2 N–H and O–H groups in total. The van der Waals surface area contributed by atoms with E-state index in [2.05, 4.69) is 42.4 Å². The number of hydrogen-bond acceptors (Lipinski definition) is 1. The number of aryl methyl sites for hydroxylation is 1. The highest BCUT2D eigenvalue weighted by Gasteiger charge is 2.17. The van der Waals surface area contributed by atoms with Crippen LogP contribution in [0.1, 0.15) is 18.2 Å². The van der Waals surface area contributed by atoms with Gasteiger partial charge in [-0.3, -0.25) is 0 Å². The molecule has 0 fully saturated rings. The summed E-state index contributed by atoms with van der Waals surface area (Å²) in [5.41, 5.74) is 11.8. The van der Waals surface area contributed by atoms with Crippen LogP contribution in [-0.4, -0.2) is 4.57 Å². The third-order valence-electron chi connectivity index (χ3n) is 3.44. The number of nitrogen functional groups attached to an aromatic ring is 1. The molecule has 17 heavy (non-hydrogen) atoms. The molecule has 0 bridgehead atoms. The molecule has 1 aliphatic carbocycles. The van der Waals surface area contributed by atoms with Crippen molar-refractivity contribution in [1.82, 2.24) is 4.57 Å². The van der Waals surface area contributed by atoms with E-state index in [1.54, 1.807) is 0 Å². The summed E-state index contributed by atoms with van der Waals surface area (Å²) in [6.07, 6.45) is 5.22. The number of nitrogens with zero attached hydrogens (tertiary/aromatic N) is 1. The Hall–Kier alpha value is -1.96. The molecule has 86 valence electrons. The summed E-state index contributed by atoms with van der Waals surface area (Å²) in [5.74, 6) is 0. The average molecular weight is 224 g/mol. The molecule has 0 spiro atoms. The van der Waals surface area contributed by atoms with Gasteiger partial charge in [-0.1, -0.05) is 24.8 Å². The fraction of sp³-hybridized carbons (Fsp3) is 0.200. The zero-order valence-corrected chi connectivity index (χ0v) is 10.0. The van der Waals surface area contributed by atoms with E-state index in [1.807, 2.05) is 6.07 Å². The van der Waals surface area contributed by atoms with Crippen LogP contribution in [0.4, 0.5) is 5.69 Å². The lowest BCUT2D eigenvalue weighted by Gasteiger charge is -2.12. The lowest BCUT2D eigenvalue weighted by molar-refractivity contribution is 0.750. The summed E-state index contributed by atoms with van der Waals surface area (Å²) in [6.45, 7) is 7.19. The first-order valence-corrected chi connectivity index (χ1v) is 5.97. The van der Waals surface area contributed by atoms with Crippen molar-refractivity contribution in [1.29, 1.82) is 0 Å². The van der Waals surface area contributed by atoms with Gasteiger partial charge in [0.1, 0.15) is 0 Å². The number of rotatable bonds is 1. The molecule has 0 atom stereocenters. The van der Waals surface area contributed by atoms with Crippen molar-refractivity contribution in [2.75, 3.05) is 5.73 Å². The number of allylic oxidation sites excluding steroid dienone is 2. The number of hydrogen-bond donors (Lipinski definition) is 1. The van der Waals surface area contributed by atoms with Crippen LogP contribution in [0.5, 0.6) is 0 Å². The molecule has 3 rings (SSSR count). The van der Waals surface area contributed by atoms with Crippen molar-refractivity contribution >= 4 is 22.7 Å². The Morgan fingerprint density at radius 2 is 2.18 bits per heavy atom. The number of nitrogens with two attached hydrogens (primary N) is 1. The minimum Gasteiger partial charge on any atom is -0.399 e. The van der Waals surface area contributed by atoms with Gasteiger partial charge in [0.2, 0.25) is 0 Å². The summed E-state index contributed by atoms with van der Waals surface area (Å²) in [5, 5.41) is 1.29. The van der Waals surface area contributed by atoms with Crippen LogP contribution >= 0.6 is 0 Å². The summed E-state index contributed by atoms with van der Waals surface area (Å²) in [7, 11) is 0. The van der Waals surface area contributed by atoms with E-state index < -0.39 is 0 Å². The minimum absolute atomic E-state index is 0.824. The molecule has 0 amide bonds. The first kappa shape index (κ1) is 10.2. The molecule has 1 aromatic heterocycles. The van der Waals surface area contributed by atoms with Gasteiger partial charge in [0.25, 0.3) is 0 Å². The molecular formula is C15H16N2. The molecule has 1 aromatic carbocycles. The number of benzene rings is 1. The highest BCUT2D eigenvalue weighted by molar-refractivity contribution is 5.94. The lowest BCUT2D eigenvalue weighted by atomic mass is 9.99. The molecule has 1 heterocycles. The monoisotopic (exact) mass is 224 g/mol. The largest absolute Gasteiger partial charge is 0.399 e. The number of fused-ring (bicyclic) bond motifs is 3. The third-order valence-corrected chi connectivity index (χ3v) is 3.44. The van der Waals surface area contributed by atoms with Gasteiger partial charge in [-0.25, -0.2) is 0 Å². The summed E-state index contributed by atoms with van der Waals surface area (Å²) in [6, 6.07) is 6.15. The van der Waals surface area contributed by atoms with Crippen LogP contribution in [0.15, 0.2) is 36.4 Å². The zero-order chi connectivity index (χ0) is 12.0. The second-order valence-corrected chi connectivity index (χ2v) is 4.55. The highest BCUT2D eigenvalue weighted by Crippen LogP contribution is 2.33. The van der Waals surface area contributed by atoms with Crippen LogP contribution in [0.3, 0.4) is 0 Å². The van der Waals surface area contributed by atoms with E-state index in [9.17, 15) is 0 Å². The number of anilines is 1. The maximum atomic E-state index is 5.88. The van der Waals surface area contributed by atoms with Crippen LogP contribution in [0, 0.1) is 0 Å². The summed E-state index contributed by atoms with van der Waals surface area (Å²) in [4.78, 5) is 0. The molecule has 0 saturated carbocycles. The van der Waals surface area contributed by atoms with Crippen LogP contribution in [-0.2, 0) is 13.0 Å². The van der Waals surface area contributed by atoms with Gasteiger partial charge >= 0.3 is 0 Å². The molecule has 1 aliphatic rings. The maximum Gasteiger partial charge on any atom is 0.0509 e. The smallest absolute Gasteiger partial charge is 0.0509 e. The van der Waals surface area contributed by atoms with Gasteiger partial charge in [0.15, 0.2) is 0 Å². The minimum atomic E-state index is 0.824. The van der Waals surface area contributed by atoms with E-state index in [4.69, 9.17) is 5.73 Å². The van der Waals surface area contributed by atoms with Crippen molar-refractivity contribution in [2.24, 2.45) is 0 Å². The van der Waals surface area contributed by atoms with Gasteiger partial charge in [0.05, 0.1) is 5.52 Å². The molecule has 0 saturated heterocycles. The normalized spacial score (nSPS) is 14.3. The lowest BCUT2D eigenvalue weighted by Crippen LogP contribution is -2.04. The quantitative estimate of drug-likeness (QED) is 0.740. The Bertz CT molecular complexity index is 644. The SMILES string of the molecule is C=C1C=Cc2c(n(CC)c3cc(N)ccc23)C1. The second kappa shape index (κ2) is 3.52. The predicted molar refractivity (Wildman–Crippen MR) is 73.9 cm³/mol. The Morgan fingerprint density at radius 3 is 2.94 bits per heavy atom. The van der Waals surface area contributed by atoms with Crippen LogP contribution < -0.4 is 5.73 Å². The molecule has 0 aliphatic heterocycles. The van der Waals surface area contributed by atoms with Gasteiger partial charge in [-0.05, 0) is 24.6 Å². The first-order valence-electron chi connectivity index (χ1n) is 5.97. The van der Waals surface area contributed by atoms with Crippen LogP contribution in [0.2, 0.25) is 0 Å². The van der Waals surface area contributed by atoms with Crippen LogP contribution in [0.25, 0.3) is 17.0 Å². The molecule has 2 aromatic rings.